The van der Waals surface area contributed by atoms with Crippen LogP contribution in [-0.4, -0.2) is 63.7 Å². The van der Waals surface area contributed by atoms with Gasteiger partial charge in [-0.05, 0) is 44.8 Å². The molecule has 0 saturated heterocycles. The van der Waals surface area contributed by atoms with E-state index < -0.39 is 0 Å². The van der Waals surface area contributed by atoms with Crippen molar-refractivity contribution in [3.05, 3.63) is 66.8 Å². The summed E-state index contributed by atoms with van der Waals surface area (Å²) in [4.78, 5) is 28.1. The summed E-state index contributed by atoms with van der Waals surface area (Å²) < 4.78 is 1.94. The van der Waals surface area contributed by atoms with Gasteiger partial charge in [0.25, 0.3) is 0 Å². The Morgan fingerprint density at radius 3 is 2.71 bits per heavy atom. The van der Waals surface area contributed by atoms with Crippen LogP contribution in [-0.2, 0) is 6.54 Å². The van der Waals surface area contributed by atoms with Crippen LogP contribution in [0.3, 0.4) is 0 Å². The fourth-order valence-corrected chi connectivity index (χ4v) is 4.11. The lowest BCUT2D eigenvalue weighted by molar-refractivity contribution is 0.402. The van der Waals surface area contributed by atoms with Crippen LogP contribution in [0.2, 0.25) is 0 Å². The Morgan fingerprint density at radius 1 is 1.00 bits per heavy atom. The lowest BCUT2D eigenvalue weighted by atomic mass is 10.1. The molecule has 0 aliphatic heterocycles. The van der Waals surface area contributed by atoms with E-state index in [1.807, 2.05) is 56.4 Å². The summed E-state index contributed by atoms with van der Waals surface area (Å²) in [6.07, 6.45) is 11.1. The second-order valence-electron chi connectivity index (χ2n) is 8.55. The average molecular weight is 451 g/mol. The molecule has 2 N–H and O–H groups in total. The summed E-state index contributed by atoms with van der Waals surface area (Å²) >= 11 is 0. The summed E-state index contributed by atoms with van der Waals surface area (Å²) in [7, 11) is 4.08. The first-order valence-corrected chi connectivity index (χ1v) is 10.8. The van der Waals surface area contributed by atoms with E-state index in [0.29, 0.717) is 22.8 Å². The first-order valence-electron chi connectivity index (χ1n) is 10.8. The predicted molar refractivity (Wildman–Crippen MR) is 129 cm³/mol. The van der Waals surface area contributed by atoms with Crippen molar-refractivity contribution >= 4 is 22.2 Å². The normalized spacial score (nSPS) is 11.8. The summed E-state index contributed by atoms with van der Waals surface area (Å²) in [6, 6.07) is 6.13. The number of pyridine rings is 3. The van der Waals surface area contributed by atoms with Gasteiger partial charge in [0.05, 0.1) is 23.1 Å². The highest BCUT2D eigenvalue weighted by Crippen LogP contribution is 2.30. The molecule has 6 aromatic rings. The topological polar surface area (TPSA) is 117 Å². The summed E-state index contributed by atoms with van der Waals surface area (Å²) in [5.74, 6) is 0.622. The number of imidazole rings is 2. The van der Waals surface area contributed by atoms with Crippen LogP contribution in [0.15, 0.2) is 55.5 Å². The van der Waals surface area contributed by atoms with Gasteiger partial charge in [-0.3, -0.25) is 10.1 Å². The minimum atomic E-state index is 0.622. The Morgan fingerprint density at radius 2 is 1.88 bits per heavy atom. The van der Waals surface area contributed by atoms with Crippen molar-refractivity contribution in [1.29, 1.82) is 0 Å². The summed E-state index contributed by atoms with van der Waals surface area (Å²) in [5, 5.41) is 8.40. The molecule has 168 valence electrons. The minimum absolute atomic E-state index is 0.622. The molecule has 6 aromatic heterocycles. The molecule has 0 aliphatic carbocycles. The Bertz CT molecular complexity index is 1640. The van der Waals surface area contributed by atoms with E-state index in [4.69, 9.17) is 4.98 Å². The van der Waals surface area contributed by atoms with Crippen LogP contribution in [0.25, 0.3) is 50.5 Å². The molecule has 0 amide bonds. The first-order chi connectivity index (χ1) is 16.5. The van der Waals surface area contributed by atoms with Gasteiger partial charge < -0.3 is 14.5 Å². The van der Waals surface area contributed by atoms with Crippen molar-refractivity contribution in [3.63, 3.8) is 0 Å². The van der Waals surface area contributed by atoms with E-state index in [-0.39, 0.29) is 0 Å². The minimum Gasteiger partial charge on any atom is -0.321 e. The molecule has 0 unspecified atom stereocenters. The molecule has 0 fully saturated rings. The lowest BCUT2D eigenvalue weighted by Gasteiger charge is -2.10. The van der Waals surface area contributed by atoms with Crippen molar-refractivity contribution in [3.8, 4) is 28.3 Å². The highest BCUT2D eigenvalue weighted by Gasteiger charge is 2.17. The number of H-pyrrole nitrogens is 2. The SMILES string of the molecule is Cc1cn(-c2ccnc3[nH]c(-c4n[nH]c5ncc(-c6cncc(CN(C)C)c6)cc45)nc23)cn1. The zero-order valence-electron chi connectivity index (χ0n) is 19.0. The molecular weight excluding hydrogens is 428 g/mol. The Balaban J connectivity index is 1.45. The molecule has 34 heavy (non-hydrogen) atoms. The number of hydrogen-bond donors (Lipinski definition) is 2. The summed E-state index contributed by atoms with van der Waals surface area (Å²) in [6.45, 7) is 2.77. The van der Waals surface area contributed by atoms with Crippen LogP contribution in [0.4, 0.5) is 0 Å². The fourth-order valence-electron chi connectivity index (χ4n) is 4.11. The molecule has 10 heteroatoms. The van der Waals surface area contributed by atoms with E-state index in [1.54, 1.807) is 12.5 Å². The Hall–Kier alpha value is -4.44. The number of aromatic nitrogens is 9. The van der Waals surface area contributed by atoms with Gasteiger partial charge in [0.15, 0.2) is 17.1 Å². The third-order valence-corrected chi connectivity index (χ3v) is 5.62. The molecule has 0 atom stereocenters. The molecule has 0 radical (unpaired) electrons. The van der Waals surface area contributed by atoms with Crippen LogP contribution in [0, 0.1) is 6.92 Å². The number of aryl methyl sites for hydroxylation is 1. The molecule has 0 saturated carbocycles. The number of rotatable bonds is 5. The largest absolute Gasteiger partial charge is 0.321 e. The standard InChI is InChI=1S/C24H22N10/c1-14-11-34(13-28-14)19-4-5-26-23-21(19)29-24(30-23)20-18-7-17(10-27-22(18)32-31-20)16-6-15(8-25-9-16)12-33(2)3/h4-11,13H,12H2,1-3H3,(H,26,29,30)(H,27,31,32). The number of nitrogens with zero attached hydrogens (tertiary/aromatic N) is 8. The maximum atomic E-state index is 4.85. The molecule has 0 aromatic carbocycles. The van der Waals surface area contributed by atoms with E-state index in [9.17, 15) is 0 Å². The zero-order valence-corrected chi connectivity index (χ0v) is 19.0. The molecule has 0 spiro atoms. The quantitative estimate of drug-likeness (QED) is 0.413. The smallest absolute Gasteiger partial charge is 0.161 e. The van der Waals surface area contributed by atoms with E-state index in [2.05, 4.69) is 52.1 Å². The van der Waals surface area contributed by atoms with Gasteiger partial charge in [-0.1, -0.05) is 0 Å². The van der Waals surface area contributed by atoms with Gasteiger partial charge in [-0.25, -0.2) is 19.9 Å². The van der Waals surface area contributed by atoms with Crippen molar-refractivity contribution in [1.82, 2.24) is 49.6 Å². The molecular formula is C24H22N10. The second kappa shape index (κ2) is 7.85. The van der Waals surface area contributed by atoms with Crippen LogP contribution in [0.1, 0.15) is 11.3 Å². The van der Waals surface area contributed by atoms with Crippen LogP contribution < -0.4 is 0 Å². The van der Waals surface area contributed by atoms with Gasteiger partial charge in [0.1, 0.15) is 11.2 Å². The van der Waals surface area contributed by atoms with Crippen molar-refractivity contribution < 1.29 is 0 Å². The highest BCUT2D eigenvalue weighted by molar-refractivity contribution is 5.94. The van der Waals surface area contributed by atoms with E-state index in [0.717, 1.165) is 45.5 Å². The number of hydrogen-bond acceptors (Lipinski definition) is 7. The van der Waals surface area contributed by atoms with Crippen molar-refractivity contribution in [2.75, 3.05) is 14.1 Å². The van der Waals surface area contributed by atoms with Gasteiger partial charge in [-0.15, -0.1) is 0 Å². The first kappa shape index (κ1) is 20.2. The van der Waals surface area contributed by atoms with E-state index in [1.165, 1.54) is 0 Å². The Labute approximate surface area is 194 Å². The Kier molecular flexibility index (Phi) is 4.66. The predicted octanol–water partition coefficient (Wildman–Crippen LogP) is 3.51. The molecule has 0 bridgehead atoms. The third kappa shape index (κ3) is 3.50. The molecule has 10 nitrogen and oxygen atoms in total. The fraction of sp³-hybridized carbons (Fsp3) is 0.167. The summed E-state index contributed by atoms with van der Waals surface area (Å²) in [5.41, 5.74) is 7.74. The maximum Gasteiger partial charge on any atom is 0.161 e. The molecule has 6 rings (SSSR count). The third-order valence-electron chi connectivity index (χ3n) is 5.62. The average Bonchev–Trinajstić information content (AvgIpc) is 3.55. The number of fused-ring (bicyclic) bond motifs is 2. The number of aromatic amines is 2. The van der Waals surface area contributed by atoms with Crippen LogP contribution >= 0.6 is 0 Å². The van der Waals surface area contributed by atoms with Gasteiger partial charge in [-0.2, -0.15) is 5.10 Å². The van der Waals surface area contributed by atoms with Gasteiger partial charge in [0, 0.05) is 48.7 Å². The second-order valence-corrected chi connectivity index (χ2v) is 8.55. The molecule has 6 heterocycles. The van der Waals surface area contributed by atoms with Gasteiger partial charge in [0.2, 0.25) is 0 Å². The van der Waals surface area contributed by atoms with E-state index >= 15 is 0 Å². The number of nitrogens with one attached hydrogen (secondary N) is 2. The van der Waals surface area contributed by atoms with Crippen molar-refractivity contribution in [2.24, 2.45) is 0 Å². The zero-order chi connectivity index (χ0) is 23.2. The lowest BCUT2D eigenvalue weighted by Crippen LogP contribution is -2.10. The van der Waals surface area contributed by atoms with Gasteiger partial charge >= 0.3 is 0 Å². The van der Waals surface area contributed by atoms with Crippen LogP contribution in [0.5, 0.6) is 0 Å². The molecule has 0 aliphatic rings. The maximum absolute atomic E-state index is 4.85. The van der Waals surface area contributed by atoms with Crippen molar-refractivity contribution in [2.45, 2.75) is 13.5 Å². The highest BCUT2D eigenvalue weighted by atomic mass is 15.2. The monoisotopic (exact) mass is 450 g/mol.